The smallest absolute Gasteiger partial charge is 0.268 e. The highest BCUT2D eigenvalue weighted by molar-refractivity contribution is 7.89. The van der Waals surface area contributed by atoms with Gasteiger partial charge >= 0.3 is 0 Å². The third-order valence-electron chi connectivity index (χ3n) is 5.18. The largest absolute Gasteiger partial charge is 0.493 e. The van der Waals surface area contributed by atoms with Crippen molar-refractivity contribution in [2.24, 2.45) is 7.05 Å². The van der Waals surface area contributed by atoms with Gasteiger partial charge in [0.05, 0.1) is 12.6 Å². The average Bonchev–Trinajstić information content (AvgIpc) is 3.32. The predicted molar refractivity (Wildman–Crippen MR) is 100 cm³/mol. The van der Waals surface area contributed by atoms with E-state index < -0.39 is 10.0 Å². The molecule has 0 radical (unpaired) electrons. The fourth-order valence-corrected chi connectivity index (χ4v) is 5.29. The summed E-state index contributed by atoms with van der Waals surface area (Å²) in [6.07, 6.45) is 3.94. The van der Waals surface area contributed by atoms with E-state index in [1.807, 2.05) is 24.3 Å². The van der Waals surface area contributed by atoms with E-state index in [-0.39, 0.29) is 16.8 Å². The molecule has 1 aromatic carbocycles. The van der Waals surface area contributed by atoms with E-state index in [1.165, 1.54) is 16.6 Å². The summed E-state index contributed by atoms with van der Waals surface area (Å²) in [5, 5.41) is 3.02. The van der Waals surface area contributed by atoms with Crippen LogP contribution in [0.5, 0.6) is 5.75 Å². The molecule has 0 unspecified atom stereocenters. The van der Waals surface area contributed by atoms with Crippen LogP contribution in [0.2, 0.25) is 0 Å². The van der Waals surface area contributed by atoms with Gasteiger partial charge in [0.2, 0.25) is 10.0 Å². The minimum Gasteiger partial charge on any atom is -0.493 e. The maximum Gasteiger partial charge on any atom is 0.268 e. The maximum atomic E-state index is 12.8. The summed E-state index contributed by atoms with van der Waals surface area (Å²) in [5.74, 6) is 0.486. The second-order valence-electron chi connectivity index (χ2n) is 6.98. The molecule has 144 valence electrons. The van der Waals surface area contributed by atoms with E-state index in [2.05, 4.69) is 5.32 Å². The Kier molecular flexibility index (Phi) is 4.69. The van der Waals surface area contributed by atoms with Gasteiger partial charge in [0.1, 0.15) is 16.3 Å². The number of aromatic nitrogens is 1. The Hall–Kier alpha value is -2.32. The van der Waals surface area contributed by atoms with Gasteiger partial charge in [-0.2, -0.15) is 4.31 Å². The first-order chi connectivity index (χ1) is 13.0. The molecule has 8 heteroatoms. The number of benzene rings is 1. The van der Waals surface area contributed by atoms with Crippen molar-refractivity contribution in [2.45, 2.75) is 30.2 Å². The molecule has 1 fully saturated rings. The monoisotopic (exact) mass is 389 g/mol. The van der Waals surface area contributed by atoms with E-state index in [4.69, 9.17) is 4.74 Å². The molecule has 2 aromatic rings. The standard InChI is InChI=1S/C19H23N3O4S/c1-21-13-14(27(24,25)22-9-4-5-10-22)12-17(21)19(23)20-16-8-11-26-18-7-3-2-6-15(16)18/h2-3,6-7,12-13,16H,4-5,8-11H2,1H3,(H,20,23)/t16-/m1/s1. The molecule has 7 nitrogen and oxygen atoms in total. The lowest BCUT2D eigenvalue weighted by Crippen LogP contribution is -2.33. The van der Waals surface area contributed by atoms with Gasteiger partial charge < -0.3 is 14.6 Å². The number of carbonyl (C=O) groups is 1. The first-order valence-corrected chi connectivity index (χ1v) is 10.6. The zero-order valence-corrected chi connectivity index (χ0v) is 16.0. The normalized spacial score (nSPS) is 20.1. The molecule has 1 N–H and O–H groups in total. The van der Waals surface area contributed by atoms with Gasteiger partial charge in [0, 0.05) is 38.3 Å². The first-order valence-electron chi connectivity index (χ1n) is 9.16. The Balaban J connectivity index is 1.56. The van der Waals surface area contributed by atoms with Gasteiger partial charge in [-0.1, -0.05) is 18.2 Å². The number of aryl methyl sites for hydroxylation is 1. The molecule has 0 spiro atoms. The summed E-state index contributed by atoms with van der Waals surface area (Å²) >= 11 is 0. The topological polar surface area (TPSA) is 80.6 Å². The van der Waals surface area contributed by atoms with Crippen LogP contribution < -0.4 is 10.1 Å². The number of nitrogens with one attached hydrogen (secondary N) is 1. The van der Waals surface area contributed by atoms with Gasteiger partial charge in [-0.25, -0.2) is 8.42 Å². The quantitative estimate of drug-likeness (QED) is 0.868. The van der Waals surface area contributed by atoms with Crippen molar-refractivity contribution in [3.63, 3.8) is 0 Å². The minimum absolute atomic E-state index is 0.156. The Morgan fingerprint density at radius 2 is 1.96 bits per heavy atom. The van der Waals surface area contributed by atoms with Gasteiger partial charge in [-0.3, -0.25) is 4.79 Å². The van der Waals surface area contributed by atoms with Crippen LogP contribution in [0.3, 0.4) is 0 Å². The van der Waals surface area contributed by atoms with E-state index in [0.717, 1.165) is 24.2 Å². The Morgan fingerprint density at radius 1 is 1.22 bits per heavy atom. The number of hydrogen-bond donors (Lipinski definition) is 1. The van der Waals surface area contributed by atoms with Crippen LogP contribution in [0, 0.1) is 0 Å². The molecule has 0 bridgehead atoms. The van der Waals surface area contributed by atoms with Crippen LogP contribution in [0.4, 0.5) is 0 Å². The highest BCUT2D eigenvalue weighted by Gasteiger charge is 2.30. The number of fused-ring (bicyclic) bond motifs is 1. The lowest BCUT2D eigenvalue weighted by atomic mass is 10.0. The molecular formula is C19H23N3O4S. The van der Waals surface area contributed by atoms with Gasteiger partial charge in [0.15, 0.2) is 0 Å². The molecule has 2 aliphatic rings. The Bertz CT molecular complexity index is 961. The zero-order chi connectivity index (χ0) is 19.0. The molecule has 0 saturated carbocycles. The molecule has 4 rings (SSSR count). The average molecular weight is 389 g/mol. The SMILES string of the molecule is Cn1cc(S(=O)(=O)N2CCCC2)cc1C(=O)N[C@@H]1CCOc2ccccc21. The van der Waals surface area contributed by atoms with Crippen LogP contribution in [0.15, 0.2) is 41.4 Å². The number of rotatable bonds is 4. The van der Waals surface area contributed by atoms with Crippen LogP contribution in [-0.2, 0) is 17.1 Å². The number of hydrogen-bond acceptors (Lipinski definition) is 4. The summed E-state index contributed by atoms with van der Waals surface area (Å²) in [6.45, 7) is 1.61. The Labute approximate surface area is 159 Å². The molecule has 0 aliphatic carbocycles. The fraction of sp³-hybridized carbons (Fsp3) is 0.421. The molecule has 1 aromatic heterocycles. The highest BCUT2D eigenvalue weighted by atomic mass is 32.2. The fourth-order valence-electron chi connectivity index (χ4n) is 3.70. The summed E-state index contributed by atoms with van der Waals surface area (Å²) in [7, 11) is -1.85. The van der Waals surface area contributed by atoms with Crippen molar-refractivity contribution in [1.29, 1.82) is 0 Å². The summed E-state index contributed by atoms with van der Waals surface area (Å²) in [5.41, 5.74) is 1.27. The summed E-state index contributed by atoms with van der Waals surface area (Å²) < 4.78 is 34.2. The Morgan fingerprint density at radius 3 is 2.74 bits per heavy atom. The summed E-state index contributed by atoms with van der Waals surface area (Å²) in [6, 6.07) is 8.95. The molecule has 27 heavy (non-hydrogen) atoms. The third kappa shape index (κ3) is 3.35. The number of sulfonamides is 1. The van der Waals surface area contributed by atoms with Crippen LogP contribution in [-0.4, -0.2) is 42.9 Å². The van der Waals surface area contributed by atoms with E-state index in [1.54, 1.807) is 11.6 Å². The van der Waals surface area contributed by atoms with Gasteiger partial charge in [-0.05, 0) is 25.0 Å². The number of carbonyl (C=O) groups excluding carboxylic acids is 1. The van der Waals surface area contributed by atoms with Gasteiger partial charge in [0.25, 0.3) is 5.91 Å². The predicted octanol–water partition coefficient (Wildman–Crippen LogP) is 2.06. The van der Waals surface area contributed by atoms with E-state index >= 15 is 0 Å². The number of para-hydroxylation sites is 1. The minimum atomic E-state index is -3.54. The second kappa shape index (κ2) is 7.01. The van der Waals surface area contributed by atoms with Crippen molar-refractivity contribution in [3.8, 4) is 5.75 Å². The van der Waals surface area contributed by atoms with Crippen molar-refractivity contribution >= 4 is 15.9 Å². The molecule has 1 atom stereocenters. The van der Waals surface area contributed by atoms with E-state index in [0.29, 0.717) is 31.8 Å². The molecule has 2 aliphatic heterocycles. The van der Waals surface area contributed by atoms with Gasteiger partial charge in [-0.15, -0.1) is 0 Å². The number of ether oxygens (including phenoxy) is 1. The third-order valence-corrected chi connectivity index (χ3v) is 7.04. The number of amides is 1. The second-order valence-corrected chi connectivity index (χ2v) is 8.92. The first kappa shape index (κ1) is 18.1. The lowest BCUT2D eigenvalue weighted by molar-refractivity contribution is 0.0916. The van der Waals surface area contributed by atoms with Crippen LogP contribution in [0.1, 0.15) is 41.4 Å². The van der Waals surface area contributed by atoms with Crippen molar-refractivity contribution in [2.75, 3.05) is 19.7 Å². The lowest BCUT2D eigenvalue weighted by Gasteiger charge is -2.26. The van der Waals surface area contributed by atoms with Crippen molar-refractivity contribution in [3.05, 3.63) is 47.8 Å². The molecule has 1 amide bonds. The molecule has 1 saturated heterocycles. The van der Waals surface area contributed by atoms with E-state index in [9.17, 15) is 13.2 Å². The number of nitrogens with zero attached hydrogens (tertiary/aromatic N) is 2. The van der Waals surface area contributed by atoms with Crippen molar-refractivity contribution in [1.82, 2.24) is 14.2 Å². The molecule has 3 heterocycles. The van der Waals surface area contributed by atoms with Crippen molar-refractivity contribution < 1.29 is 17.9 Å². The summed E-state index contributed by atoms with van der Waals surface area (Å²) in [4.78, 5) is 13.0. The van der Waals surface area contributed by atoms with Crippen LogP contribution >= 0.6 is 0 Å². The molecular weight excluding hydrogens is 366 g/mol. The maximum absolute atomic E-state index is 12.8. The highest BCUT2D eigenvalue weighted by Crippen LogP contribution is 2.32. The van der Waals surface area contributed by atoms with Crippen LogP contribution in [0.25, 0.3) is 0 Å². The zero-order valence-electron chi connectivity index (χ0n) is 15.2.